The lowest BCUT2D eigenvalue weighted by Crippen LogP contribution is -2.58. The van der Waals surface area contributed by atoms with E-state index in [9.17, 15) is 4.79 Å². The van der Waals surface area contributed by atoms with Gasteiger partial charge < -0.3 is 5.32 Å². The molecule has 0 spiro atoms. The third-order valence-corrected chi connectivity index (χ3v) is 12.5. The lowest BCUT2D eigenvalue weighted by molar-refractivity contribution is -0.135. The molecule has 32 heavy (non-hydrogen) atoms. The zero-order valence-corrected chi connectivity index (χ0v) is 20.3. The highest BCUT2D eigenvalue weighted by Crippen LogP contribution is 2.66. The molecule has 0 saturated heterocycles. The Bertz CT molecular complexity index is 842. The smallest absolute Gasteiger partial charge is 0.223 e. The molecule has 4 bridgehead atoms. The number of amides is 1. The molecule has 174 valence electrons. The van der Waals surface area contributed by atoms with Crippen LogP contribution in [0.3, 0.4) is 0 Å². The molecule has 6 fully saturated rings. The highest BCUT2D eigenvalue weighted by atomic mass is 16.2. The summed E-state index contributed by atoms with van der Waals surface area (Å²) >= 11 is 0. The Balaban J connectivity index is 1.10. The summed E-state index contributed by atoms with van der Waals surface area (Å²) in [6.07, 6.45) is 23.3. The van der Waals surface area contributed by atoms with E-state index in [-0.39, 0.29) is 11.3 Å². The highest BCUT2D eigenvalue weighted by molar-refractivity contribution is 5.80. The number of fused-ring (bicyclic) bond motifs is 5. The predicted molar refractivity (Wildman–Crippen MR) is 129 cm³/mol. The van der Waals surface area contributed by atoms with Crippen LogP contribution in [0.25, 0.3) is 0 Å². The number of allylic oxidation sites excluding steroid dienone is 4. The first-order valence-electron chi connectivity index (χ1n) is 14.1. The molecule has 0 radical (unpaired) electrons. The minimum absolute atomic E-state index is 0.226. The van der Waals surface area contributed by atoms with Crippen LogP contribution in [0.2, 0.25) is 0 Å². The molecule has 6 saturated carbocycles. The van der Waals surface area contributed by atoms with E-state index in [0.29, 0.717) is 17.4 Å². The normalized spacial score (nSPS) is 55.1. The standard InChI is InChI=1S/C30H43NO/c1-29-11-4-3-5-22(29)6-7-23-24-8-9-26(30(24,2)12-10-25(23)29)28(32)31-27-20-14-18-13-19(16-20)17-21(27)15-18/h3,5-6,18-21,23-27H,4,7-17H2,1-2H3,(H,31,32)/t18?,19?,20?,21?,23-,24-,25-,26+,27?,29-,30-/m0/s1. The third-order valence-electron chi connectivity index (χ3n) is 12.5. The molecule has 0 aliphatic heterocycles. The Hall–Kier alpha value is -1.05. The van der Waals surface area contributed by atoms with Gasteiger partial charge in [0.05, 0.1) is 0 Å². The van der Waals surface area contributed by atoms with Crippen LogP contribution in [0, 0.1) is 58.2 Å². The van der Waals surface area contributed by atoms with Crippen LogP contribution in [0.4, 0.5) is 0 Å². The lowest BCUT2D eigenvalue weighted by atomic mass is 9.48. The third kappa shape index (κ3) is 2.73. The molecule has 0 aromatic heterocycles. The molecule has 8 aliphatic rings. The van der Waals surface area contributed by atoms with E-state index in [0.717, 1.165) is 47.8 Å². The minimum atomic E-state index is 0.226. The van der Waals surface area contributed by atoms with Gasteiger partial charge >= 0.3 is 0 Å². The molecule has 2 nitrogen and oxygen atoms in total. The quantitative estimate of drug-likeness (QED) is 0.517. The first kappa shape index (κ1) is 20.3. The van der Waals surface area contributed by atoms with Gasteiger partial charge in [0.2, 0.25) is 5.91 Å². The average molecular weight is 434 g/mol. The Morgan fingerprint density at radius 2 is 1.69 bits per heavy atom. The number of carbonyl (C=O) groups is 1. The van der Waals surface area contributed by atoms with Gasteiger partial charge in [0, 0.05) is 12.0 Å². The van der Waals surface area contributed by atoms with Crippen molar-refractivity contribution in [3.8, 4) is 0 Å². The Kier molecular flexibility index (Phi) is 4.44. The second kappa shape index (κ2) is 6.98. The topological polar surface area (TPSA) is 29.1 Å². The van der Waals surface area contributed by atoms with E-state index in [1.807, 2.05) is 0 Å². The minimum Gasteiger partial charge on any atom is -0.353 e. The first-order valence-corrected chi connectivity index (χ1v) is 14.1. The van der Waals surface area contributed by atoms with Crippen molar-refractivity contribution in [3.05, 3.63) is 23.8 Å². The molecule has 6 atom stereocenters. The molecular weight excluding hydrogens is 390 g/mol. The summed E-state index contributed by atoms with van der Waals surface area (Å²) in [5, 5.41) is 3.73. The maximum atomic E-state index is 13.8. The van der Waals surface area contributed by atoms with Gasteiger partial charge in [-0.15, -0.1) is 0 Å². The van der Waals surface area contributed by atoms with Crippen molar-refractivity contribution in [1.82, 2.24) is 5.32 Å². The molecule has 0 aromatic carbocycles. The van der Waals surface area contributed by atoms with Crippen LogP contribution >= 0.6 is 0 Å². The van der Waals surface area contributed by atoms with Crippen LogP contribution in [-0.4, -0.2) is 11.9 Å². The van der Waals surface area contributed by atoms with E-state index in [2.05, 4.69) is 37.4 Å². The average Bonchev–Trinajstić information content (AvgIpc) is 3.12. The molecule has 1 amide bonds. The summed E-state index contributed by atoms with van der Waals surface area (Å²) in [7, 11) is 0. The summed E-state index contributed by atoms with van der Waals surface area (Å²) in [6, 6.07) is 0.502. The van der Waals surface area contributed by atoms with Crippen LogP contribution in [0.1, 0.15) is 90.9 Å². The second-order valence-corrected chi connectivity index (χ2v) is 13.8. The van der Waals surface area contributed by atoms with E-state index >= 15 is 0 Å². The van der Waals surface area contributed by atoms with E-state index in [1.54, 1.807) is 5.57 Å². The SMILES string of the molecule is C[C@]12CC[C@H]3[C@@H](CC=C4C=CCC[C@@]43C)[C@@H]1CC[C@@H]2C(=O)NC1C2CC3CC(C2)CC1C3. The number of nitrogens with one attached hydrogen (secondary N) is 1. The Morgan fingerprint density at radius 3 is 2.44 bits per heavy atom. The Morgan fingerprint density at radius 1 is 0.938 bits per heavy atom. The van der Waals surface area contributed by atoms with Gasteiger partial charge in [0.1, 0.15) is 0 Å². The number of rotatable bonds is 2. The van der Waals surface area contributed by atoms with E-state index in [1.165, 1.54) is 70.6 Å². The van der Waals surface area contributed by atoms with Crippen LogP contribution < -0.4 is 5.32 Å². The summed E-state index contributed by atoms with van der Waals surface area (Å²) in [6.45, 7) is 5.08. The van der Waals surface area contributed by atoms with Crippen molar-refractivity contribution in [2.24, 2.45) is 58.2 Å². The monoisotopic (exact) mass is 433 g/mol. The van der Waals surface area contributed by atoms with Crippen molar-refractivity contribution in [3.63, 3.8) is 0 Å². The molecule has 1 N–H and O–H groups in total. The maximum Gasteiger partial charge on any atom is 0.223 e. The Labute approximate surface area is 195 Å². The summed E-state index contributed by atoms with van der Waals surface area (Å²) in [4.78, 5) is 13.8. The highest BCUT2D eigenvalue weighted by Gasteiger charge is 2.60. The molecule has 0 heterocycles. The van der Waals surface area contributed by atoms with E-state index < -0.39 is 0 Å². The molecular formula is C30H43NO. The van der Waals surface area contributed by atoms with Gasteiger partial charge in [-0.05, 0) is 135 Å². The number of hydrogen-bond donors (Lipinski definition) is 1. The van der Waals surface area contributed by atoms with Gasteiger partial charge in [0.15, 0.2) is 0 Å². The van der Waals surface area contributed by atoms with Crippen LogP contribution in [-0.2, 0) is 4.79 Å². The molecule has 8 aliphatic carbocycles. The van der Waals surface area contributed by atoms with Crippen molar-refractivity contribution in [2.45, 2.75) is 96.9 Å². The second-order valence-electron chi connectivity index (χ2n) is 13.8. The van der Waals surface area contributed by atoms with Gasteiger partial charge in [-0.3, -0.25) is 4.79 Å². The fourth-order valence-electron chi connectivity index (χ4n) is 11.2. The zero-order valence-electron chi connectivity index (χ0n) is 20.3. The van der Waals surface area contributed by atoms with Gasteiger partial charge in [-0.2, -0.15) is 0 Å². The first-order chi connectivity index (χ1) is 15.5. The van der Waals surface area contributed by atoms with Crippen molar-refractivity contribution < 1.29 is 4.79 Å². The number of carbonyl (C=O) groups excluding carboxylic acids is 1. The molecule has 2 heteroatoms. The predicted octanol–water partition coefficient (Wildman–Crippen LogP) is 6.67. The fraction of sp³-hybridized carbons (Fsp3) is 0.833. The molecule has 8 rings (SSSR count). The molecule has 0 aromatic rings. The van der Waals surface area contributed by atoms with Crippen LogP contribution in [0.15, 0.2) is 23.8 Å². The van der Waals surface area contributed by atoms with Gasteiger partial charge in [-0.25, -0.2) is 0 Å². The van der Waals surface area contributed by atoms with E-state index in [4.69, 9.17) is 0 Å². The number of hydrogen-bond acceptors (Lipinski definition) is 1. The van der Waals surface area contributed by atoms with Gasteiger partial charge in [0.25, 0.3) is 0 Å². The van der Waals surface area contributed by atoms with Crippen LogP contribution in [0.5, 0.6) is 0 Å². The maximum absolute atomic E-state index is 13.8. The fourth-order valence-corrected chi connectivity index (χ4v) is 11.2. The zero-order chi connectivity index (χ0) is 21.7. The summed E-state index contributed by atoms with van der Waals surface area (Å²) < 4.78 is 0. The largest absolute Gasteiger partial charge is 0.353 e. The van der Waals surface area contributed by atoms with Crippen molar-refractivity contribution in [1.29, 1.82) is 0 Å². The lowest BCUT2D eigenvalue weighted by Gasteiger charge is -2.57. The van der Waals surface area contributed by atoms with Crippen molar-refractivity contribution >= 4 is 5.91 Å². The summed E-state index contributed by atoms with van der Waals surface area (Å²) in [5.74, 6) is 6.62. The van der Waals surface area contributed by atoms with Crippen molar-refractivity contribution in [2.75, 3.05) is 0 Å². The summed E-state index contributed by atoms with van der Waals surface area (Å²) in [5.41, 5.74) is 2.24. The van der Waals surface area contributed by atoms with Gasteiger partial charge in [-0.1, -0.05) is 32.1 Å². The molecule has 0 unspecified atom stereocenters.